The van der Waals surface area contributed by atoms with Crippen LogP contribution in [0.3, 0.4) is 0 Å². The highest BCUT2D eigenvalue weighted by atomic mass is 35.5. The van der Waals surface area contributed by atoms with Gasteiger partial charge in [-0.05, 0) is 18.2 Å². The summed E-state index contributed by atoms with van der Waals surface area (Å²) in [5.74, 6) is 0.249. The molecule has 0 spiro atoms. The van der Waals surface area contributed by atoms with E-state index in [0.717, 1.165) is 0 Å². The molecule has 3 N–H and O–H groups in total. The van der Waals surface area contributed by atoms with Crippen molar-refractivity contribution in [1.82, 2.24) is 4.72 Å². The van der Waals surface area contributed by atoms with E-state index in [2.05, 4.69) is 4.72 Å². The first-order chi connectivity index (χ1) is 7.83. The van der Waals surface area contributed by atoms with Crippen LogP contribution in [0.25, 0.3) is 0 Å². The molecule has 1 atom stereocenters. The van der Waals surface area contributed by atoms with E-state index in [9.17, 15) is 12.6 Å². The minimum Gasteiger partial charge on any atom is -0.399 e. The molecule has 0 amide bonds. The van der Waals surface area contributed by atoms with E-state index in [1.54, 1.807) is 0 Å². The first-order valence-corrected chi connectivity index (χ1v) is 8.26. The van der Waals surface area contributed by atoms with Crippen LogP contribution in [-0.2, 0) is 20.8 Å². The molecule has 1 aromatic carbocycles. The highest BCUT2D eigenvalue weighted by Crippen LogP contribution is 2.23. The maximum atomic E-state index is 11.8. The SMILES string of the molecule is CS(=O)CCNS(=O)(=O)c1cc(N)ccc1Cl. The maximum absolute atomic E-state index is 11.8. The first kappa shape index (κ1) is 14.4. The molecular formula is C9H13ClN2O3S2. The van der Waals surface area contributed by atoms with Crippen molar-refractivity contribution < 1.29 is 12.6 Å². The van der Waals surface area contributed by atoms with Gasteiger partial charge >= 0.3 is 0 Å². The summed E-state index contributed by atoms with van der Waals surface area (Å²) < 4.78 is 36.8. The summed E-state index contributed by atoms with van der Waals surface area (Å²) >= 11 is 5.79. The van der Waals surface area contributed by atoms with Gasteiger partial charge in [-0.1, -0.05) is 11.6 Å². The molecule has 17 heavy (non-hydrogen) atoms. The van der Waals surface area contributed by atoms with Crippen molar-refractivity contribution in [3.05, 3.63) is 23.2 Å². The lowest BCUT2D eigenvalue weighted by Crippen LogP contribution is -2.28. The van der Waals surface area contributed by atoms with Gasteiger partial charge in [-0.3, -0.25) is 4.21 Å². The van der Waals surface area contributed by atoms with Crippen molar-refractivity contribution in [2.24, 2.45) is 0 Å². The van der Waals surface area contributed by atoms with E-state index in [-0.39, 0.29) is 22.2 Å². The summed E-state index contributed by atoms with van der Waals surface area (Å²) in [5.41, 5.74) is 5.82. The third kappa shape index (κ3) is 4.27. The third-order valence-corrected chi connectivity index (χ3v) is 4.65. The number of benzene rings is 1. The molecule has 1 unspecified atom stereocenters. The number of rotatable bonds is 5. The number of hydrogen-bond donors (Lipinski definition) is 2. The summed E-state index contributed by atoms with van der Waals surface area (Å²) in [6, 6.07) is 4.22. The summed E-state index contributed by atoms with van der Waals surface area (Å²) in [6.45, 7) is 0.0938. The minimum absolute atomic E-state index is 0.0685. The van der Waals surface area contributed by atoms with E-state index in [4.69, 9.17) is 17.3 Å². The predicted octanol–water partition coefficient (Wildman–Crippen LogP) is 0.579. The van der Waals surface area contributed by atoms with Gasteiger partial charge in [0.2, 0.25) is 10.0 Å². The molecule has 0 saturated carbocycles. The zero-order valence-electron chi connectivity index (χ0n) is 9.14. The fourth-order valence-corrected chi connectivity index (χ4v) is 3.21. The minimum atomic E-state index is -3.71. The molecule has 0 aliphatic carbocycles. The van der Waals surface area contributed by atoms with Crippen LogP contribution >= 0.6 is 11.6 Å². The molecule has 0 radical (unpaired) electrons. The van der Waals surface area contributed by atoms with Crippen molar-refractivity contribution in [3.63, 3.8) is 0 Å². The van der Waals surface area contributed by atoms with Crippen molar-refractivity contribution in [2.45, 2.75) is 4.90 Å². The molecule has 0 aromatic heterocycles. The number of nitrogen functional groups attached to an aromatic ring is 1. The van der Waals surface area contributed by atoms with E-state index in [0.29, 0.717) is 5.69 Å². The van der Waals surface area contributed by atoms with Crippen LogP contribution in [0.1, 0.15) is 0 Å². The lowest BCUT2D eigenvalue weighted by Gasteiger charge is -2.08. The number of sulfonamides is 1. The van der Waals surface area contributed by atoms with E-state index in [1.165, 1.54) is 24.5 Å². The van der Waals surface area contributed by atoms with Crippen LogP contribution < -0.4 is 10.5 Å². The second-order valence-electron chi connectivity index (χ2n) is 3.36. The molecule has 0 aliphatic rings. The van der Waals surface area contributed by atoms with Crippen molar-refractivity contribution in [2.75, 3.05) is 24.3 Å². The summed E-state index contributed by atoms with van der Waals surface area (Å²) in [6.07, 6.45) is 1.50. The third-order valence-electron chi connectivity index (χ3n) is 1.93. The first-order valence-electron chi connectivity index (χ1n) is 4.67. The molecular weight excluding hydrogens is 284 g/mol. The van der Waals surface area contributed by atoms with E-state index < -0.39 is 20.8 Å². The quantitative estimate of drug-likeness (QED) is 0.778. The second kappa shape index (κ2) is 5.81. The topological polar surface area (TPSA) is 89.3 Å². The van der Waals surface area contributed by atoms with Crippen LogP contribution in [0.2, 0.25) is 5.02 Å². The standard InChI is InChI=1S/C9H13ClN2O3S2/c1-16(13)5-4-12-17(14,15)9-6-7(11)2-3-8(9)10/h2-3,6,12H,4-5,11H2,1H3. The van der Waals surface area contributed by atoms with Gasteiger partial charge in [0, 0.05) is 35.0 Å². The lowest BCUT2D eigenvalue weighted by atomic mass is 10.3. The molecule has 96 valence electrons. The molecule has 0 saturated heterocycles. The Labute approximate surface area is 108 Å². The van der Waals surface area contributed by atoms with Gasteiger partial charge in [0.1, 0.15) is 4.90 Å². The van der Waals surface area contributed by atoms with Gasteiger partial charge < -0.3 is 5.73 Å². The zero-order chi connectivity index (χ0) is 13.1. The zero-order valence-corrected chi connectivity index (χ0v) is 11.5. The fourth-order valence-electron chi connectivity index (χ4n) is 1.12. The Bertz CT molecular complexity index is 531. The van der Waals surface area contributed by atoms with Crippen LogP contribution in [0, 0.1) is 0 Å². The second-order valence-corrected chi connectivity index (χ2v) is 7.06. The average Bonchev–Trinajstić information content (AvgIpc) is 2.20. The van der Waals surface area contributed by atoms with Gasteiger partial charge in [0.25, 0.3) is 0 Å². The fraction of sp³-hybridized carbons (Fsp3) is 0.333. The highest BCUT2D eigenvalue weighted by Gasteiger charge is 2.17. The summed E-state index contributed by atoms with van der Waals surface area (Å²) in [4.78, 5) is -0.0685. The van der Waals surface area contributed by atoms with Crippen LogP contribution in [0.5, 0.6) is 0 Å². The molecule has 0 heterocycles. The normalized spacial score (nSPS) is 13.5. The molecule has 0 bridgehead atoms. The van der Waals surface area contributed by atoms with Crippen molar-refractivity contribution >= 4 is 38.1 Å². The van der Waals surface area contributed by atoms with E-state index in [1.807, 2.05) is 0 Å². The Morgan fingerprint density at radius 2 is 2.12 bits per heavy atom. The van der Waals surface area contributed by atoms with Gasteiger partial charge in [0.05, 0.1) is 5.02 Å². The Kier molecular flexibility index (Phi) is 4.93. The smallest absolute Gasteiger partial charge is 0.242 e. The number of anilines is 1. The Balaban J connectivity index is 2.89. The molecule has 1 aromatic rings. The number of nitrogens with one attached hydrogen (secondary N) is 1. The molecule has 8 heteroatoms. The number of halogens is 1. The van der Waals surface area contributed by atoms with Gasteiger partial charge in [-0.15, -0.1) is 0 Å². The largest absolute Gasteiger partial charge is 0.399 e. The van der Waals surface area contributed by atoms with Crippen LogP contribution in [-0.4, -0.2) is 31.2 Å². The van der Waals surface area contributed by atoms with Crippen LogP contribution in [0.4, 0.5) is 5.69 Å². The Morgan fingerprint density at radius 3 is 2.71 bits per heavy atom. The number of hydrogen-bond acceptors (Lipinski definition) is 4. The van der Waals surface area contributed by atoms with Gasteiger partial charge in [0.15, 0.2) is 0 Å². The summed E-state index contributed by atoms with van der Waals surface area (Å²) in [7, 11) is -4.76. The van der Waals surface area contributed by atoms with Gasteiger partial charge in [-0.2, -0.15) is 0 Å². The monoisotopic (exact) mass is 296 g/mol. The molecule has 0 fully saturated rings. The highest BCUT2D eigenvalue weighted by molar-refractivity contribution is 7.89. The Hall–Kier alpha value is -0.630. The van der Waals surface area contributed by atoms with Gasteiger partial charge in [-0.25, -0.2) is 13.1 Å². The number of nitrogens with two attached hydrogens (primary N) is 1. The molecule has 1 rings (SSSR count). The summed E-state index contributed by atoms with van der Waals surface area (Å²) in [5, 5.41) is 0.101. The van der Waals surface area contributed by atoms with E-state index >= 15 is 0 Å². The molecule has 5 nitrogen and oxygen atoms in total. The lowest BCUT2D eigenvalue weighted by molar-refractivity contribution is 0.584. The maximum Gasteiger partial charge on any atom is 0.242 e. The van der Waals surface area contributed by atoms with Crippen LogP contribution in [0.15, 0.2) is 23.1 Å². The average molecular weight is 297 g/mol. The predicted molar refractivity (Wildman–Crippen MR) is 70.0 cm³/mol. The van der Waals surface area contributed by atoms with Crippen molar-refractivity contribution in [3.8, 4) is 0 Å². The van der Waals surface area contributed by atoms with Crippen molar-refractivity contribution in [1.29, 1.82) is 0 Å². The molecule has 0 aliphatic heterocycles. The Morgan fingerprint density at radius 1 is 1.47 bits per heavy atom.